The van der Waals surface area contributed by atoms with Crippen LogP contribution in [0.15, 0.2) is 18.2 Å². The zero-order chi connectivity index (χ0) is 11.6. The van der Waals surface area contributed by atoms with Crippen molar-refractivity contribution in [1.29, 1.82) is 0 Å². The first-order valence-electron chi connectivity index (χ1n) is 6.21. The average Bonchev–Trinajstić information content (AvgIpc) is 2.28. The van der Waals surface area contributed by atoms with Crippen molar-refractivity contribution in [2.24, 2.45) is 5.73 Å². The van der Waals surface area contributed by atoms with Crippen LogP contribution in [0.2, 0.25) is 0 Å². The lowest BCUT2D eigenvalue weighted by Crippen LogP contribution is -2.22. The van der Waals surface area contributed by atoms with Crippen LogP contribution in [0.5, 0.6) is 0 Å². The molecule has 1 aliphatic rings. The summed E-state index contributed by atoms with van der Waals surface area (Å²) < 4.78 is 0. The number of anilines is 1. The highest BCUT2D eigenvalue weighted by atomic mass is 14.9. The van der Waals surface area contributed by atoms with Crippen LogP contribution in [0, 0.1) is 0 Å². The molecule has 0 fully saturated rings. The Morgan fingerprint density at radius 2 is 2.19 bits per heavy atom. The normalized spacial score (nSPS) is 15.4. The highest BCUT2D eigenvalue weighted by Crippen LogP contribution is 2.31. The first kappa shape index (κ1) is 11.5. The van der Waals surface area contributed by atoms with Gasteiger partial charge in [0, 0.05) is 12.2 Å². The Morgan fingerprint density at radius 1 is 1.38 bits per heavy atom. The van der Waals surface area contributed by atoms with Crippen LogP contribution >= 0.6 is 0 Å². The second-order valence-corrected chi connectivity index (χ2v) is 5.32. The van der Waals surface area contributed by atoms with Gasteiger partial charge in [-0.15, -0.1) is 0 Å². The smallest absolute Gasteiger partial charge is 0.0372 e. The molecule has 1 heterocycles. The third-order valence-corrected chi connectivity index (χ3v) is 3.59. The molecule has 1 aliphatic heterocycles. The molecule has 0 radical (unpaired) electrons. The van der Waals surface area contributed by atoms with E-state index in [1.807, 2.05) is 0 Å². The number of nitrogens with two attached hydrogens (primary N) is 1. The Hall–Kier alpha value is -1.02. The number of nitrogens with one attached hydrogen (secondary N) is 1. The standard InChI is InChI=1S/C14H22N2/c1-14(2,7-8-15)12-5-6-13-11(10-12)4-3-9-16-13/h5-6,10,16H,3-4,7-9,15H2,1-2H3. The van der Waals surface area contributed by atoms with Gasteiger partial charge in [-0.3, -0.25) is 0 Å². The lowest BCUT2D eigenvalue weighted by atomic mass is 9.80. The van der Waals surface area contributed by atoms with Crippen LogP contribution in [0.25, 0.3) is 0 Å². The van der Waals surface area contributed by atoms with E-state index in [1.165, 1.54) is 29.7 Å². The number of benzene rings is 1. The summed E-state index contributed by atoms with van der Waals surface area (Å²) in [5.41, 5.74) is 10.1. The van der Waals surface area contributed by atoms with Crippen molar-refractivity contribution < 1.29 is 0 Å². The van der Waals surface area contributed by atoms with E-state index in [4.69, 9.17) is 5.73 Å². The number of rotatable bonds is 3. The predicted octanol–water partition coefficient (Wildman–Crippen LogP) is 2.67. The monoisotopic (exact) mass is 218 g/mol. The third kappa shape index (κ3) is 2.22. The molecule has 0 atom stereocenters. The Balaban J connectivity index is 2.29. The summed E-state index contributed by atoms with van der Waals surface area (Å²) in [6.45, 7) is 6.41. The zero-order valence-electron chi connectivity index (χ0n) is 10.3. The summed E-state index contributed by atoms with van der Waals surface area (Å²) in [5.74, 6) is 0. The van der Waals surface area contributed by atoms with Crippen molar-refractivity contribution in [3.05, 3.63) is 29.3 Å². The summed E-state index contributed by atoms with van der Waals surface area (Å²) in [5, 5.41) is 3.45. The molecule has 0 aliphatic carbocycles. The van der Waals surface area contributed by atoms with Gasteiger partial charge in [-0.05, 0) is 48.4 Å². The van der Waals surface area contributed by atoms with Crippen molar-refractivity contribution in [2.75, 3.05) is 18.4 Å². The van der Waals surface area contributed by atoms with Crippen LogP contribution in [-0.4, -0.2) is 13.1 Å². The second-order valence-electron chi connectivity index (χ2n) is 5.32. The molecule has 1 aromatic rings. The minimum atomic E-state index is 0.196. The topological polar surface area (TPSA) is 38.0 Å². The largest absolute Gasteiger partial charge is 0.385 e. The number of hydrogen-bond acceptors (Lipinski definition) is 2. The van der Waals surface area contributed by atoms with E-state index in [9.17, 15) is 0 Å². The van der Waals surface area contributed by atoms with E-state index in [1.54, 1.807) is 0 Å². The minimum Gasteiger partial charge on any atom is -0.385 e. The molecule has 0 saturated heterocycles. The van der Waals surface area contributed by atoms with Gasteiger partial charge in [0.05, 0.1) is 0 Å². The molecular formula is C14H22N2. The Bertz CT molecular complexity index is 369. The maximum Gasteiger partial charge on any atom is 0.0372 e. The molecule has 3 N–H and O–H groups in total. The number of hydrogen-bond donors (Lipinski definition) is 2. The van der Waals surface area contributed by atoms with Crippen molar-refractivity contribution in [3.8, 4) is 0 Å². The van der Waals surface area contributed by atoms with Gasteiger partial charge in [0.15, 0.2) is 0 Å². The van der Waals surface area contributed by atoms with E-state index in [-0.39, 0.29) is 5.41 Å². The number of aryl methyl sites for hydroxylation is 1. The van der Waals surface area contributed by atoms with E-state index < -0.39 is 0 Å². The maximum atomic E-state index is 5.68. The summed E-state index contributed by atoms with van der Waals surface area (Å²) in [6, 6.07) is 6.83. The first-order chi connectivity index (χ1) is 7.63. The second kappa shape index (κ2) is 4.46. The van der Waals surface area contributed by atoms with Crippen molar-refractivity contribution in [2.45, 2.75) is 38.5 Å². The van der Waals surface area contributed by atoms with E-state index >= 15 is 0 Å². The molecule has 16 heavy (non-hydrogen) atoms. The van der Waals surface area contributed by atoms with Crippen molar-refractivity contribution in [3.63, 3.8) is 0 Å². The molecule has 2 heteroatoms. The van der Waals surface area contributed by atoms with E-state index in [0.717, 1.165) is 19.5 Å². The molecule has 2 nitrogen and oxygen atoms in total. The molecule has 0 spiro atoms. The van der Waals surface area contributed by atoms with Crippen LogP contribution in [-0.2, 0) is 11.8 Å². The van der Waals surface area contributed by atoms with Crippen LogP contribution in [0.1, 0.15) is 37.8 Å². The molecular weight excluding hydrogens is 196 g/mol. The van der Waals surface area contributed by atoms with Gasteiger partial charge in [-0.25, -0.2) is 0 Å². The fourth-order valence-electron chi connectivity index (χ4n) is 2.40. The van der Waals surface area contributed by atoms with Gasteiger partial charge in [0.25, 0.3) is 0 Å². The molecule has 0 saturated carbocycles. The lowest BCUT2D eigenvalue weighted by molar-refractivity contribution is 0.487. The van der Waals surface area contributed by atoms with Crippen LogP contribution in [0.4, 0.5) is 5.69 Å². The van der Waals surface area contributed by atoms with Crippen LogP contribution in [0.3, 0.4) is 0 Å². The predicted molar refractivity (Wildman–Crippen MR) is 70.0 cm³/mol. The van der Waals surface area contributed by atoms with E-state index in [2.05, 4.69) is 37.4 Å². The van der Waals surface area contributed by atoms with Crippen molar-refractivity contribution in [1.82, 2.24) is 0 Å². The number of fused-ring (bicyclic) bond motifs is 1. The highest BCUT2D eigenvalue weighted by Gasteiger charge is 2.21. The highest BCUT2D eigenvalue weighted by molar-refractivity contribution is 5.55. The lowest BCUT2D eigenvalue weighted by Gasteiger charge is -2.27. The van der Waals surface area contributed by atoms with Gasteiger partial charge in [-0.1, -0.05) is 26.0 Å². The quantitative estimate of drug-likeness (QED) is 0.818. The molecule has 0 bridgehead atoms. The third-order valence-electron chi connectivity index (χ3n) is 3.59. The van der Waals surface area contributed by atoms with Gasteiger partial charge in [0.1, 0.15) is 0 Å². The van der Waals surface area contributed by atoms with Gasteiger partial charge in [-0.2, -0.15) is 0 Å². The summed E-state index contributed by atoms with van der Waals surface area (Å²) in [4.78, 5) is 0. The molecule has 0 amide bonds. The fourth-order valence-corrected chi connectivity index (χ4v) is 2.40. The first-order valence-corrected chi connectivity index (χ1v) is 6.21. The summed E-state index contributed by atoms with van der Waals surface area (Å²) in [7, 11) is 0. The fraction of sp³-hybridized carbons (Fsp3) is 0.571. The summed E-state index contributed by atoms with van der Waals surface area (Å²) >= 11 is 0. The van der Waals surface area contributed by atoms with Crippen molar-refractivity contribution >= 4 is 5.69 Å². The zero-order valence-corrected chi connectivity index (χ0v) is 10.3. The molecule has 88 valence electrons. The Labute approximate surface area is 98.2 Å². The molecule has 0 aromatic heterocycles. The SMILES string of the molecule is CC(C)(CCN)c1ccc2c(c1)CCCN2. The molecule has 1 aromatic carbocycles. The van der Waals surface area contributed by atoms with Gasteiger partial charge >= 0.3 is 0 Å². The Kier molecular flexibility index (Phi) is 3.20. The average molecular weight is 218 g/mol. The molecule has 0 unspecified atom stereocenters. The molecule has 2 rings (SSSR count). The van der Waals surface area contributed by atoms with Gasteiger partial charge < -0.3 is 11.1 Å². The summed E-state index contributed by atoms with van der Waals surface area (Å²) in [6.07, 6.45) is 3.49. The minimum absolute atomic E-state index is 0.196. The maximum absolute atomic E-state index is 5.68. The van der Waals surface area contributed by atoms with E-state index in [0.29, 0.717) is 0 Å². The van der Waals surface area contributed by atoms with Gasteiger partial charge in [0.2, 0.25) is 0 Å². The Morgan fingerprint density at radius 3 is 2.94 bits per heavy atom. The van der Waals surface area contributed by atoms with Crippen LogP contribution < -0.4 is 11.1 Å².